The molecule has 0 heterocycles. The highest BCUT2D eigenvalue weighted by Gasteiger charge is 2.63. The van der Waals surface area contributed by atoms with Gasteiger partial charge in [0.15, 0.2) is 0 Å². The van der Waals surface area contributed by atoms with Gasteiger partial charge in [-0.2, -0.15) is 0 Å². The molecule has 4 saturated carbocycles. The largest absolute Gasteiger partial charge is 0.393 e. The molecule has 0 bridgehead atoms. The van der Waals surface area contributed by atoms with E-state index in [0.29, 0.717) is 5.41 Å². The van der Waals surface area contributed by atoms with Gasteiger partial charge in [-0.05, 0) is 99.2 Å². The number of rotatable bonds is 0. The Morgan fingerprint density at radius 1 is 0.818 bits per heavy atom. The zero-order chi connectivity index (χ0) is 15.8. The van der Waals surface area contributed by atoms with E-state index in [2.05, 4.69) is 20.8 Å². The highest BCUT2D eigenvalue weighted by Crippen LogP contribution is 2.68. The molecule has 0 aromatic heterocycles. The summed E-state index contributed by atoms with van der Waals surface area (Å²) in [7, 11) is 0. The maximum atomic E-state index is 10.9. The average molecular weight is 306 g/mol. The summed E-state index contributed by atoms with van der Waals surface area (Å²) in [5, 5.41) is 21.0. The molecule has 2 heteroatoms. The number of hydrogen-bond acceptors (Lipinski definition) is 2. The van der Waals surface area contributed by atoms with E-state index in [1.165, 1.54) is 38.5 Å². The molecule has 0 aromatic carbocycles. The predicted molar refractivity (Wildman–Crippen MR) is 88.4 cm³/mol. The first-order valence-electron chi connectivity index (χ1n) is 9.68. The van der Waals surface area contributed by atoms with Gasteiger partial charge in [0.05, 0.1) is 11.7 Å². The number of fused-ring (bicyclic) bond motifs is 5. The van der Waals surface area contributed by atoms with Crippen LogP contribution in [0, 0.1) is 34.5 Å². The van der Waals surface area contributed by atoms with Crippen molar-refractivity contribution >= 4 is 0 Å². The van der Waals surface area contributed by atoms with Crippen LogP contribution in [0.15, 0.2) is 0 Å². The van der Waals surface area contributed by atoms with Crippen LogP contribution < -0.4 is 0 Å². The molecule has 4 rings (SSSR count). The fourth-order valence-corrected chi connectivity index (χ4v) is 7.48. The molecule has 8 atom stereocenters. The maximum absolute atomic E-state index is 10.9. The van der Waals surface area contributed by atoms with Gasteiger partial charge in [-0.1, -0.05) is 13.8 Å². The van der Waals surface area contributed by atoms with Crippen molar-refractivity contribution in [2.24, 2.45) is 34.5 Å². The van der Waals surface area contributed by atoms with E-state index < -0.39 is 5.60 Å². The van der Waals surface area contributed by atoms with Gasteiger partial charge in [0, 0.05) is 0 Å². The van der Waals surface area contributed by atoms with Crippen molar-refractivity contribution in [1.82, 2.24) is 0 Å². The molecule has 2 nitrogen and oxygen atoms in total. The smallest absolute Gasteiger partial charge is 0.0675 e. The molecule has 4 aliphatic rings. The molecule has 0 spiro atoms. The van der Waals surface area contributed by atoms with Crippen LogP contribution in [0.4, 0.5) is 0 Å². The van der Waals surface area contributed by atoms with Crippen molar-refractivity contribution < 1.29 is 10.2 Å². The van der Waals surface area contributed by atoms with Crippen LogP contribution in [0.2, 0.25) is 0 Å². The van der Waals surface area contributed by atoms with Crippen LogP contribution in [0.5, 0.6) is 0 Å². The van der Waals surface area contributed by atoms with Gasteiger partial charge in [0.25, 0.3) is 0 Å². The van der Waals surface area contributed by atoms with Crippen molar-refractivity contribution in [2.45, 2.75) is 90.3 Å². The molecule has 0 radical (unpaired) electrons. The van der Waals surface area contributed by atoms with E-state index >= 15 is 0 Å². The Kier molecular flexibility index (Phi) is 3.32. The van der Waals surface area contributed by atoms with Crippen molar-refractivity contribution in [3.8, 4) is 0 Å². The first-order valence-corrected chi connectivity index (χ1v) is 9.68. The SMILES string of the molecule is C[C@@]12CC[C@H](O)C[C@H]1CC[C@H]1[C@H]2CC[C@@]2(C)[C@@H]1CC[C@@]2(C)O. The van der Waals surface area contributed by atoms with Gasteiger partial charge in [0.2, 0.25) is 0 Å². The normalized spacial score (nSPS) is 61.2. The third-order valence-corrected chi connectivity index (χ3v) is 9.20. The lowest BCUT2D eigenvalue weighted by Gasteiger charge is -2.61. The Morgan fingerprint density at radius 2 is 1.55 bits per heavy atom. The fourth-order valence-electron chi connectivity index (χ4n) is 7.48. The standard InChI is InChI=1S/C20H34O2/c1-18-9-6-14(21)12-13(18)4-5-15-16(18)7-10-19(2)17(15)8-11-20(19,3)22/h13-17,21-22H,4-12H2,1-3H3/t13-,14+,15+,16-,17-,18-,19+,20-/m1/s1. The fraction of sp³-hybridized carbons (Fsp3) is 1.00. The Morgan fingerprint density at radius 3 is 2.32 bits per heavy atom. The topological polar surface area (TPSA) is 40.5 Å². The number of hydrogen-bond donors (Lipinski definition) is 2. The van der Waals surface area contributed by atoms with Crippen LogP contribution in [-0.4, -0.2) is 21.9 Å². The average Bonchev–Trinajstić information content (AvgIpc) is 2.70. The van der Waals surface area contributed by atoms with E-state index in [0.717, 1.165) is 42.9 Å². The lowest BCUT2D eigenvalue weighted by atomic mass is 9.44. The van der Waals surface area contributed by atoms with Crippen molar-refractivity contribution in [3.63, 3.8) is 0 Å². The molecule has 0 aliphatic heterocycles. The number of aliphatic hydroxyl groups excluding tert-OH is 1. The molecule has 22 heavy (non-hydrogen) atoms. The van der Waals surface area contributed by atoms with Gasteiger partial charge < -0.3 is 10.2 Å². The quantitative estimate of drug-likeness (QED) is 0.706. The molecular formula is C20H34O2. The third kappa shape index (κ3) is 1.86. The summed E-state index contributed by atoms with van der Waals surface area (Å²) in [5.41, 5.74) is 0.145. The van der Waals surface area contributed by atoms with Crippen LogP contribution >= 0.6 is 0 Å². The van der Waals surface area contributed by atoms with Gasteiger partial charge >= 0.3 is 0 Å². The van der Waals surface area contributed by atoms with Gasteiger partial charge in [-0.3, -0.25) is 0 Å². The minimum absolute atomic E-state index is 0.0457. The second-order valence-corrected chi connectivity index (χ2v) is 9.85. The van der Waals surface area contributed by atoms with Crippen LogP contribution in [-0.2, 0) is 0 Å². The molecule has 126 valence electrons. The Hall–Kier alpha value is -0.0800. The van der Waals surface area contributed by atoms with Crippen molar-refractivity contribution in [1.29, 1.82) is 0 Å². The summed E-state index contributed by atoms with van der Waals surface area (Å²) < 4.78 is 0. The predicted octanol–water partition coefficient (Wildman–Crippen LogP) is 4.14. The van der Waals surface area contributed by atoms with Crippen molar-refractivity contribution in [3.05, 3.63) is 0 Å². The molecule has 0 amide bonds. The Labute approximate surface area is 135 Å². The lowest BCUT2D eigenvalue weighted by molar-refractivity contribution is -0.153. The summed E-state index contributed by atoms with van der Waals surface area (Å²) in [4.78, 5) is 0. The molecule has 2 N–H and O–H groups in total. The minimum Gasteiger partial charge on any atom is -0.393 e. The molecule has 0 unspecified atom stereocenters. The second kappa shape index (κ2) is 4.72. The van der Waals surface area contributed by atoms with Gasteiger partial charge in [-0.25, -0.2) is 0 Å². The van der Waals surface area contributed by atoms with E-state index in [1.807, 2.05) is 0 Å². The zero-order valence-electron chi connectivity index (χ0n) is 14.6. The second-order valence-electron chi connectivity index (χ2n) is 9.85. The molecule has 4 fully saturated rings. The highest BCUT2D eigenvalue weighted by molar-refractivity contribution is 5.12. The summed E-state index contributed by atoms with van der Waals surface area (Å²) in [6, 6.07) is 0. The highest BCUT2D eigenvalue weighted by atomic mass is 16.3. The monoisotopic (exact) mass is 306 g/mol. The zero-order valence-corrected chi connectivity index (χ0v) is 14.6. The van der Waals surface area contributed by atoms with Gasteiger partial charge in [0.1, 0.15) is 0 Å². The Bertz CT molecular complexity index is 459. The van der Waals surface area contributed by atoms with Gasteiger partial charge in [-0.15, -0.1) is 0 Å². The van der Waals surface area contributed by atoms with Crippen LogP contribution in [0.1, 0.15) is 78.6 Å². The number of aliphatic hydroxyl groups is 2. The minimum atomic E-state index is -0.455. The molecule has 4 aliphatic carbocycles. The lowest BCUT2D eigenvalue weighted by Crippen LogP contribution is -2.56. The summed E-state index contributed by atoms with van der Waals surface area (Å²) in [5.74, 6) is 3.13. The maximum Gasteiger partial charge on any atom is 0.0675 e. The van der Waals surface area contributed by atoms with Crippen LogP contribution in [0.25, 0.3) is 0 Å². The third-order valence-electron chi connectivity index (χ3n) is 9.20. The van der Waals surface area contributed by atoms with E-state index in [1.54, 1.807) is 0 Å². The van der Waals surface area contributed by atoms with E-state index in [-0.39, 0.29) is 11.5 Å². The summed E-state index contributed by atoms with van der Waals surface area (Å²) in [6.07, 6.45) is 10.6. The first kappa shape index (κ1) is 15.4. The summed E-state index contributed by atoms with van der Waals surface area (Å²) in [6.45, 7) is 7.01. The van der Waals surface area contributed by atoms with Crippen LogP contribution in [0.3, 0.4) is 0 Å². The molecule has 0 aromatic rings. The first-order chi connectivity index (χ1) is 10.3. The van der Waals surface area contributed by atoms with E-state index in [9.17, 15) is 10.2 Å². The molecular weight excluding hydrogens is 272 g/mol. The summed E-state index contributed by atoms with van der Waals surface area (Å²) >= 11 is 0. The Balaban J connectivity index is 1.64. The van der Waals surface area contributed by atoms with Crippen molar-refractivity contribution in [2.75, 3.05) is 0 Å². The van der Waals surface area contributed by atoms with E-state index in [4.69, 9.17) is 0 Å². The molecule has 0 saturated heterocycles.